The fourth-order valence-electron chi connectivity index (χ4n) is 4.27. The van der Waals surface area contributed by atoms with Gasteiger partial charge in [-0.3, -0.25) is 28.8 Å². The van der Waals surface area contributed by atoms with Crippen LogP contribution in [0.3, 0.4) is 0 Å². The second-order valence-corrected chi connectivity index (χ2v) is 9.05. The van der Waals surface area contributed by atoms with Crippen molar-refractivity contribution in [3.05, 3.63) is 0 Å². The Morgan fingerprint density at radius 3 is 1.48 bits per heavy atom. The fraction of sp³-hybridized carbons (Fsp3) is 0.750. The van der Waals surface area contributed by atoms with Gasteiger partial charge >= 0.3 is 35.8 Å². The van der Waals surface area contributed by atoms with E-state index in [1.54, 1.807) is 0 Å². The Balaban J connectivity index is 2.49. The third-order valence-corrected chi connectivity index (χ3v) is 5.59. The highest BCUT2D eigenvalue weighted by molar-refractivity contribution is 5.69. The van der Waals surface area contributed by atoms with Crippen LogP contribution >= 0.6 is 0 Å². The van der Waals surface area contributed by atoms with Crippen molar-refractivity contribution in [2.75, 3.05) is 6.61 Å². The molecule has 2 heterocycles. The maximum atomic E-state index is 12.0. The highest BCUT2D eigenvalue weighted by Gasteiger charge is 2.56. The van der Waals surface area contributed by atoms with E-state index < -0.39 is 104 Å². The molecule has 1 N–H and O–H groups in total. The van der Waals surface area contributed by atoms with Crippen molar-refractivity contribution in [2.24, 2.45) is 0 Å². The number of carbonyl (C=O) groups is 6. The molecule has 1 unspecified atom stereocenters. The molecule has 0 spiro atoms. The maximum Gasteiger partial charge on any atom is 0.303 e. The van der Waals surface area contributed by atoms with E-state index in [1.165, 1.54) is 6.92 Å². The molecule has 16 heteroatoms. The Morgan fingerprint density at radius 1 is 0.575 bits per heavy atom. The minimum absolute atomic E-state index is 0.486. The lowest BCUT2D eigenvalue weighted by atomic mass is 9.96. The summed E-state index contributed by atoms with van der Waals surface area (Å²) in [5, 5.41) is 10.8. The van der Waals surface area contributed by atoms with Crippen LogP contribution in [0, 0.1) is 0 Å². The first-order valence-corrected chi connectivity index (χ1v) is 12.2. The topological polar surface area (TPSA) is 206 Å². The van der Waals surface area contributed by atoms with Gasteiger partial charge in [0.1, 0.15) is 12.7 Å². The summed E-state index contributed by atoms with van der Waals surface area (Å²) in [5.41, 5.74) is 0. The van der Waals surface area contributed by atoms with Gasteiger partial charge in [0.05, 0.1) is 6.10 Å². The molecule has 0 aliphatic carbocycles. The molecule has 0 amide bonds. The van der Waals surface area contributed by atoms with Crippen LogP contribution < -0.4 is 0 Å². The first-order valence-electron chi connectivity index (χ1n) is 12.2. The van der Waals surface area contributed by atoms with Crippen LogP contribution in [0.2, 0.25) is 0 Å². The van der Waals surface area contributed by atoms with E-state index in [1.807, 2.05) is 0 Å². The maximum absolute atomic E-state index is 12.0. The van der Waals surface area contributed by atoms with Gasteiger partial charge in [0.25, 0.3) is 0 Å². The molecular formula is C24H34O16. The molecule has 0 radical (unpaired) electrons. The fourth-order valence-corrected chi connectivity index (χ4v) is 4.27. The molecule has 2 fully saturated rings. The van der Waals surface area contributed by atoms with E-state index in [0.717, 1.165) is 41.5 Å². The third kappa shape index (κ3) is 9.11. The van der Waals surface area contributed by atoms with Crippen LogP contribution in [-0.4, -0.2) is 109 Å². The number of carbonyl (C=O) groups excluding carboxylic acids is 6. The van der Waals surface area contributed by atoms with Gasteiger partial charge in [-0.2, -0.15) is 0 Å². The molecule has 10 atom stereocenters. The summed E-state index contributed by atoms with van der Waals surface area (Å²) in [6, 6.07) is 0. The number of aliphatic hydroxyl groups is 1. The third-order valence-electron chi connectivity index (χ3n) is 5.59. The standard InChI is InChI=1S/C24H34O16/c1-9-17(34-11(3)26)19(36-13(5)28)22(38-15(7)30)24(33-9)40-21-20(37-14(6)29)18(35-12(4)27)16(39-23(21)31)8-32-10(2)25/h9,16-24,31H,8H2,1-7H3/t9-,16+,17-,18+,19+,20-,21-,22+,23?,24-/m0/s1. The summed E-state index contributed by atoms with van der Waals surface area (Å²) in [5.74, 6) is -4.80. The van der Waals surface area contributed by atoms with Gasteiger partial charge in [-0.25, -0.2) is 0 Å². The summed E-state index contributed by atoms with van der Waals surface area (Å²) in [6.45, 7) is 7.45. The monoisotopic (exact) mass is 578 g/mol. The zero-order valence-corrected chi connectivity index (χ0v) is 23.1. The van der Waals surface area contributed by atoms with Crippen molar-refractivity contribution >= 4 is 35.8 Å². The quantitative estimate of drug-likeness (QED) is 0.259. The summed E-state index contributed by atoms with van der Waals surface area (Å²) in [7, 11) is 0. The Morgan fingerprint density at radius 2 is 1.00 bits per heavy atom. The van der Waals surface area contributed by atoms with Crippen LogP contribution in [0.15, 0.2) is 0 Å². The summed E-state index contributed by atoms with van der Waals surface area (Å²) in [6.07, 6.45) is -14.7. The lowest BCUT2D eigenvalue weighted by Crippen LogP contribution is -2.66. The van der Waals surface area contributed by atoms with E-state index in [4.69, 9.17) is 42.6 Å². The minimum Gasteiger partial charge on any atom is -0.463 e. The number of rotatable bonds is 9. The number of aliphatic hydroxyl groups excluding tert-OH is 1. The van der Waals surface area contributed by atoms with Gasteiger partial charge in [0.2, 0.25) is 0 Å². The predicted molar refractivity (Wildman–Crippen MR) is 124 cm³/mol. The number of hydrogen-bond acceptors (Lipinski definition) is 16. The molecule has 2 saturated heterocycles. The normalized spacial score (nSPS) is 33.6. The average Bonchev–Trinajstić information content (AvgIpc) is 2.80. The van der Waals surface area contributed by atoms with Crippen molar-refractivity contribution in [1.82, 2.24) is 0 Å². The van der Waals surface area contributed by atoms with Gasteiger partial charge < -0.3 is 47.7 Å². The van der Waals surface area contributed by atoms with E-state index >= 15 is 0 Å². The highest BCUT2D eigenvalue weighted by atomic mass is 16.8. The molecule has 0 aromatic rings. The summed E-state index contributed by atoms with van der Waals surface area (Å²) in [4.78, 5) is 70.9. The van der Waals surface area contributed by atoms with E-state index in [9.17, 15) is 33.9 Å². The van der Waals surface area contributed by atoms with Gasteiger partial charge in [-0.1, -0.05) is 0 Å². The number of esters is 6. The molecule has 0 bridgehead atoms. The second-order valence-electron chi connectivity index (χ2n) is 9.05. The minimum atomic E-state index is -1.90. The molecule has 0 saturated carbocycles. The molecule has 16 nitrogen and oxygen atoms in total. The zero-order valence-electron chi connectivity index (χ0n) is 23.1. The lowest BCUT2D eigenvalue weighted by Gasteiger charge is -2.47. The van der Waals surface area contributed by atoms with Crippen LogP contribution in [0.1, 0.15) is 48.5 Å². The SMILES string of the molecule is CC(=O)OC[C@H]1OC(O)[C@@H](O[C@@H]2O[C@@H](C)[C@H](OC(C)=O)[C@@H](OC(C)=O)[C@H]2OC(C)=O)[C@@H](OC(C)=O)[C@@H]1OC(C)=O. The Kier molecular flexibility index (Phi) is 11.8. The van der Waals surface area contributed by atoms with Crippen molar-refractivity contribution in [2.45, 2.75) is 110 Å². The molecule has 2 rings (SSSR count). The van der Waals surface area contributed by atoms with Crippen molar-refractivity contribution < 1.29 is 76.5 Å². The predicted octanol–water partition coefficient (Wildman–Crippen LogP) is -0.945. The molecule has 226 valence electrons. The number of ether oxygens (including phenoxy) is 9. The lowest BCUT2D eigenvalue weighted by molar-refractivity contribution is -0.360. The van der Waals surface area contributed by atoms with Crippen molar-refractivity contribution in [1.29, 1.82) is 0 Å². The smallest absolute Gasteiger partial charge is 0.303 e. The largest absolute Gasteiger partial charge is 0.463 e. The average molecular weight is 579 g/mol. The Hall–Kier alpha value is -3.34. The summed E-state index contributed by atoms with van der Waals surface area (Å²) >= 11 is 0. The zero-order chi connectivity index (χ0) is 30.3. The van der Waals surface area contributed by atoms with Crippen LogP contribution in [0.4, 0.5) is 0 Å². The molecular weight excluding hydrogens is 544 g/mol. The van der Waals surface area contributed by atoms with Gasteiger partial charge in [0.15, 0.2) is 49.2 Å². The first kappa shape index (κ1) is 32.9. The van der Waals surface area contributed by atoms with Crippen LogP contribution in [-0.2, 0) is 71.4 Å². The molecule has 0 aromatic carbocycles. The number of hydrogen-bond donors (Lipinski definition) is 1. The molecule has 0 aromatic heterocycles. The highest BCUT2D eigenvalue weighted by Crippen LogP contribution is 2.34. The first-order chi connectivity index (χ1) is 18.6. The van der Waals surface area contributed by atoms with Crippen LogP contribution in [0.25, 0.3) is 0 Å². The molecule has 2 aliphatic rings. The molecule has 2 aliphatic heterocycles. The van der Waals surface area contributed by atoms with Crippen LogP contribution in [0.5, 0.6) is 0 Å². The van der Waals surface area contributed by atoms with Gasteiger partial charge in [-0.15, -0.1) is 0 Å². The van der Waals surface area contributed by atoms with E-state index in [0.29, 0.717) is 0 Å². The van der Waals surface area contributed by atoms with E-state index in [2.05, 4.69) is 0 Å². The second kappa shape index (κ2) is 14.3. The Bertz CT molecular complexity index is 965. The van der Waals surface area contributed by atoms with Gasteiger partial charge in [-0.05, 0) is 6.92 Å². The Labute approximate surface area is 229 Å². The van der Waals surface area contributed by atoms with E-state index in [-0.39, 0.29) is 0 Å². The molecule has 40 heavy (non-hydrogen) atoms. The van der Waals surface area contributed by atoms with Crippen molar-refractivity contribution in [3.63, 3.8) is 0 Å². The van der Waals surface area contributed by atoms with Crippen molar-refractivity contribution in [3.8, 4) is 0 Å². The van der Waals surface area contributed by atoms with Gasteiger partial charge in [0, 0.05) is 41.5 Å². The summed E-state index contributed by atoms with van der Waals surface area (Å²) < 4.78 is 48.6.